The lowest BCUT2D eigenvalue weighted by atomic mass is 9.62. The first-order valence-electron chi connectivity index (χ1n) is 9.59. The molecule has 0 amide bonds. The second-order valence-electron chi connectivity index (χ2n) is 7.81. The van der Waals surface area contributed by atoms with E-state index in [4.69, 9.17) is 4.18 Å². The number of hydrogen-bond donors (Lipinski definition) is 0. The molecule has 2 aliphatic carbocycles. The maximum absolute atomic E-state index is 11.4. The number of hydrogen-bond acceptors (Lipinski definition) is 6. The molecule has 1 aromatic carbocycles. The quantitative estimate of drug-likeness (QED) is 0.661. The smallest absolute Gasteiger partial charge is 0.306 e. The molecule has 0 radical (unpaired) electrons. The highest BCUT2D eigenvalue weighted by atomic mass is 32.2. The second-order valence-corrected chi connectivity index (χ2v) is 12.5. The molecule has 0 aromatic heterocycles. The summed E-state index contributed by atoms with van der Waals surface area (Å²) in [6, 6.07) is 8.18. The zero-order chi connectivity index (χ0) is 19.1. The van der Waals surface area contributed by atoms with E-state index in [1.807, 2.05) is 6.07 Å². The van der Waals surface area contributed by atoms with Crippen molar-refractivity contribution in [2.24, 2.45) is 11.8 Å². The molecule has 146 valence electrons. The number of thioether (sulfide) groups is 2. The van der Waals surface area contributed by atoms with Gasteiger partial charge in [0.1, 0.15) is 5.75 Å². The summed E-state index contributed by atoms with van der Waals surface area (Å²) in [7, 11) is -3.50. The summed E-state index contributed by atoms with van der Waals surface area (Å²) < 4.78 is 28.3. The fraction of sp³-hybridized carbons (Fsp3) is 0.650. The van der Waals surface area contributed by atoms with Crippen LogP contribution < -0.4 is 4.18 Å². The minimum Gasteiger partial charge on any atom is -0.383 e. The topological polar surface area (TPSA) is 67.2 Å². The number of nitrogens with zero attached hydrogens (tertiary/aromatic N) is 1. The number of rotatable bonds is 4. The highest BCUT2D eigenvalue weighted by Crippen LogP contribution is 2.63. The first-order valence-corrected chi connectivity index (χ1v) is 13.4. The minimum atomic E-state index is -3.50. The van der Waals surface area contributed by atoms with Crippen LogP contribution in [-0.4, -0.2) is 30.3 Å². The average Bonchev–Trinajstić information content (AvgIpc) is 3.08. The Morgan fingerprint density at radius 2 is 2.07 bits per heavy atom. The van der Waals surface area contributed by atoms with Crippen molar-refractivity contribution in [3.63, 3.8) is 0 Å². The fourth-order valence-corrected chi connectivity index (χ4v) is 9.53. The Labute approximate surface area is 170 Å². The summed E-state index contributed by atoms with van der Waals surface area (Å²) in [5.74, 6) is 4.62. The van der Waals surface area contributed by atoms with Crippen LogP contribution in [0.3, 0.4) is 0 Å². The van der Waals surface area contributed by atoms with Gasteiger partial charge in [-0.15, -0.1) is 23.5 Å². The van der Waals surface area contributed by atoms with Crippen LogP contribution >= 0.6 is 23.5 Å². The van der Waals surface area contributed by atoms with E-state index in [9.17, 15) is 13.7 Å². The Bertz CT molecular complexity index is 856. The van der Waals surface area contributed by atoms with Crippen LogP contribution in [0.5, 0.6) is 5.75 Å². The van der Waals surface area contributed by atoms with Gasteiger partial charge >= 0.3 is 10.1 Å². The van der Waals surface area contributed by atoms with Crippen molar-refractivity contribution in [2.45, 2.75) is 48.5 Å². The van der Waals surface area contributed by atoms with Gasteiger partial charge in [-0.3, -0.25) is 0 Å². The molecule has 0 N–H and O–H groups in total. The van der Waals surface area contributed by atoms with Gasteiger partial charge in [-0.25, -0.2) is 0 Å². The van der Waals surface area contributed by atoms with Gasteiger partial charge in [-0.1, -0.05) is 6.07 Å². The van der Waals surface area contributed by atoms with Gasteiger partial charge in [-0.05, 0) is 73.1 Å². The third kappa shape index (κ3) is 3.86. The SMILES string of the molecule is CS(=O)(=O)Oc1ccc2c(c1)CC[C@@H]1[C@@H]2CCC2(SCCS2)[C@H]1CCC#N. The van der Waals surface area contributed by atoms with E-state index in [0.717, 1.165) is 25.5 Å². The summed E-state index contributed by atoms with van der Waals surface area (Å²) in [4.78, 5) is 0. The molecule has 4 nitrogen and oxygen atoms in total. The van der Waals surface area contributed by atoms with Gasteiger partial charge in [0.15, 0.2) is 0 Å². The lowest BCUT2D eigenvalue weighted by molar-refractivity contribution is 0.167. The van der Waals surface area contributed by atoms with E-state index in [-0.39, 0.29) is 0 Å². The molecule has 3 atom stereocenters. The van der Waals surface area contributed by atoms with E-state index >= 15 is 0 Å². The molecule has 1 aromatic rings. The average molecular weight is 424 g/mol. The van der Waals surface area contributed by atoms with Crippen molar-refractivity contribution in [1.82, 2.24) is 0 Å². The van der Waals surface area contributed by atoms with E-state index in [1.165, 1.54) is 35.5 Å². The van der Waals surface area contributed by atoms with Crippen molar-refractivity contribution in [1.29, 1.82) is 5.26 Å². The highest BCUT2D eigenvalue weighted by molar-refractivity contribution is 8.21. The summed E-state index contributed by atoms with van der Waals surface area (Å²) in [6.45, 7) is 0. The molecule has 7 heteroatoms. The molecule has 1 saturated carbocycles. The Hall–Kier alpha value is -0.840. The predicted octanol–water partition coefficient (Wildman–Crippen LogP) is 4.56. The van der Waals surface area contributed by atoms with Crippen LogP contribution in [0.4, 0.5) is 0 Å². The van der Waals surface area contributed by atoms with Crippen molar-refractivity contribution in [2.75, 3.05) is 17.8 Å². The van der Waals surface area contributed by atoms with Gasteiger partial charge in [0.05, 0.1) is 16.4 Å². The van der Waals surface area contributed by atoms with Crippen LogP contribution in [0, 0.1) is 23.2 Å². The largest absolute Gasteiger partial charge is 0.383 e. The maximum Gasteiger partial charge on any atom is 0.306 e. The first kappa shape index (κ1) is 19.5. The van der Waals surface area contributed by atoms with E-state index < -0.39 is 10.1 Å². The summed E-state index contributed by atoms with van der Waals surface area (Å²) in [5, 5.41) is 9.18. The zero-order valence-corrected chi connectivity index (χ0v) is 18.0. The number of nitriles is 1. The second kappa shape index (κ2) is 7.53. The molecule has 0 bridgehead atoms. The number of benzene rings is 1. The minimum absolute atomic E-state index is 0.314. The predicted molar refractivity (Wildman–Crippen MR) is 112 cm³/mol. The molecular formula is C20H25NO3S3. The van der Waals surface area contributed by atoms with Gasteiger partial charge < -0.3 is 4.18 Å². The number of fused-ring (bicyclic) bond motifs is 3. The monoisotopic (exact) mass is 423 g/mol. The fourth-order valence-electron chi connectivity index (χ4n) is 5.34. The standard InChI is InChI=1S/C20H25NO3S3/c1-27(22,23)24-15-5-7-16-14(13-15)4-6-18-17(16)8-9-20(25-11-12-26-20)19(18)3-2-10-21/h5,7,13,17-19H,2-4,6,8-9,11-12H2,1H3/t17-,18-,19+/m1/s1. The lowest BCUT2D eigenvalue weighted by Gasteiger charge is -2.51. The zero-order valence-electron chi connectivity index (χ0n) is 15.5. The third-order valence-electron chi connectivity index (χ3n) is 6.25. The van der Waals surface area contributed by atoms with Crippen molar-refractivity contribution < 1.29 is 12.6 Å². The van der Waals surface area contributed by atoms with Gasteiger partial charge in [0, 0.05) is 17.9 Å². The normalized spacial score (nSPS) is 29.0. The van der Waals surface area contributed by atoms with Crippen LogP contribution in [0.25, 0.3) is 0 Å². The molecular weight excluding hydrogens is 398 g/mol. The Morgan fingerprint density at radius 3 is 2.78 bits per heavy atom. The Morgan fingerprint density at radius 1 is 1.30 bits per heavy atom. The molecule has 0 unspecified atom stereocenters. The number of aryl methyl sites for hydroxylation is 1. The van der Waals surface area contributed by atoms with Crippen LogP contribution in [0.2, 0.25) is 0 Å². The molecule has 1 heterocycles. The molecule has 1 spiro atoms. The summed E-state index contributed by atoms with van der Waals surface area (Å²) in [5.41, 5.74) is 2.61. The molecule has 3 aliphatic rings. The Balaban J connectivity index is 1.62. The van der Waals surface area contributed by atoms with Crippen LogP contribution in [-0.2, 0) is 16.5 Å². The van der Waals surface area contributed by atoms with Gasteiger partial charge in [0.2, 0.25) is 0 Å². The lowest BCUT2D eigenvalue weighted by Crippen LogP contribution is -2.44. The van der Waals surface area contributed by atoms with Crippen LogP contribution in [0.15, 0.2) is 18.2 Å². The molecule has 27 heavy (non-hydrogen) atoms. The Kier molecular flexibility index (Phi) is 5.43. The van der Waals surface area contributed by atoms with Gasteiger partial charge in [0.25, 0.3) is 0 Å². The van der Waals surface area contributed by atoms with Gasteiger partial charge in [-0.2, -0.15) is 13.7 Å². The third-order valence-corrected chi connectivity index (χ3v) is 10.5. The van der Waals surface area contributed by atoms with Crippen molar-refractivity contribution in [3.8, 4) is 11.8 Å². The molecule has 1 saturated heterocycles. The summed E-state index contributed by atoms with van der Waals surface area (Å²) in [6.07, 6.45) is 7.21. The van der Waals surface area contributed by atoms with Crippen LogP contribution in [0.1, 0.15) is 49.1 Å². The maximum atomic E-state index is 11.4. The summed E-state index contributed by atoms with van der Waals surface area (Å²) >= 11 is 4.27. The first-order chi connectivity index (χ1) is 12.9. The molecule has 4 rings (SSSR count). The highest BCUT2D eigenvalue weighted by Gasteiger charge is 2.52. The van der Waals surface area contributed by atoms with Crippen molar-refractivity contribution >= 4 is 33.6 Å². The molecule has 2 fully saturated rings. The van der Waals surface area contributed by atoms with E-state index in [2.05, 4.69) is 35.7 Å². The van der Waals surface area contributed by atoms with Crippen molar-refractivity contribution in [3.05, 3.63) is 29.3 Å². The van der Waals surface area contributed by atoms with E-state index in [0.29, 0.717) is 34.0 Å². The molecule has 1 aliphatic heterocycles. The van der Waals surface area contributed by atoms with E-state index in [1.54, 1.807) is 6.07 Å².